The van der Waals surface area contributed by atoms with Crippen molar-refractivity contribution in [2.45, 2.75) is 70.6 Å². The number of hydrogen-bond donors (Lipinski definition) is 1. The molecule has 0 aromatic carbocycles. The van der Waals surface area contributed by atoms with Crippen molar-refractivity contribution in [2.24, 2.45) is 5.73 Å². The smallest absolute Gasteiger partial charge is 0.246 e. The summed E-state index contributed by atoms with van der Waals surface area (Å²) in [6, 6.07) is -1.48. The second kappa shape index (κ2) is 14.6. The lowest BCUT2D eigenvalue weighted by molar-refractivity contribution is -0.147. The molecule has 0 saturated carbocycles. The Morgan fingerprint density at radius 1 is 1.07 bits per heavy atom. The van der Waals surface area contributed by atoms with Crippen LogP contribution >= 0.6 is 11.8 Å². The summed E-state index contributed by atoms with van der Waals surface area (Å²) in [7, 11) is 6.45. The molecule has 30 heavy (non-hydrogen) atoms. The highest BCUT2D eigenvalue weighted by molar-refractivity contribution is 7.99. The van der Waals surface area contributed by atoms with E-state index in [4.69, 9.17) is 15.2 Å². The van der Waals surface area contributed by atoms with Gasteiger partial charge in [-0.1, -0.05) is 6.92 Å². The molecule has 0 aliphatic heterocycles. The Morgan fingerprint density at radius 2 is 1.70 bits per heavy atom. The van der Waals surface area contributed by atoms with Gasteiger partial charge in [0.2, 0.25) is 17.7 Å². The van der Waals surface area contributed by atoms with Crippen molar-refractivity contribution >= 4 is 29.5 Å². The molecule has 2 atom stereocenters. The van der Waals surface area contributed by atoms with Crippen LogP contribution in [0.4, 0.5) is 0 Å². The van der Waals surface area contributed by atoms with Gasteiger partial charge in [0, 0.05) is 53.5 Å². The summed E-state index contributed by atoms with van der Waals surface area (Å²) in [5.74, 6) is 0.354. The monoisotopic (exact) mass is 447 g/mol. The molecule has 0 aliphatic carbocycles. The zero-order valence-electron chi connectivity index (χ0n) is 19.7. The number of nitrogens with two attached hydrogens (primary N) is 1. The number of nitrogens with zero attached hydrogens (tertiary/aromatic N) is 2. The van der Waals surface area contributed by atoms with Crippen LogP contribution in [-0.2, 0) is 23.9 Å². The SMILES string of the molecule is CCCC(=O)N(C)[C@H](CSCCCCOC)C(=O)N(C)[C@@H](CC(C)(C)OC)C(N)=O. The maximum absolute atomic E-state index is 13.3. The maximum atomic E-state index is 13.3. The summed E-state index contributed by atoms with van der Waals surface area (Å²) in [5.41, 5.74) is 4.98. The number of methoxy groups -OCH3 is 2. The van der Waals surface area contributed by atoms with Crippen LogP contribution in [0.2, 0.25) is 0 Å². The molecular weight excluding hydrogens is 406 g/mol. The molecule has 0 spiro atoms. The predicted octanol–water partition coefficient (Wildman–Crippen LogP) is 1.90. The summed E-state index contributed by atoms with van der Waals surface area (Å²) in [6.45, 7) is 6.31. The van der Waals surface area contributed by atoms with Crippen molar-refractivity contribution in [2.75, 3.05) is 46.4 Å². The molecule has 0 saturated heterocycles. The molecule has 0 unspecified atom stereocenters. The molecule has 0 aromatic heterocycles. The Hall–Kier alpha value is -1.32. The Bertz CT molecular complexity index is 545. The fraction of sp³-hybridized carbons (Fsp3) is 0.857. The van der Waals surface area contributed by atoms with Crippen molar-refractivity contribution in [3.05, 3.63) is 0 Å². The molecule has 0 rings (SSSR count). The molecule has 0 aromatic rings. The fourth-order valence-corrected chi connectivity index (χ4v) is 4.09. The van der Waals surface area contributed by atoms with E-state index in [-0.39, 0.29) is 18.2 Å². The number of hydrogen-bond acceptors (Lipinski definition) is 6. The largest absolute Gasteiger partial charge is 0.385 e. The van der Waals surface area contributed by atoms with E-state index < -0.39 is 23.6 Å². The molecule has 0 aliphatic rings. The third-order valence-electron chi connectivity index (χ3n) is 5.15. The van der Waals surface area contributed by atoms with Crippen molar-refractivity contribution < 1.29 is 23.9 Å². The zero-order chi connectivity index (χ0) is 23.3. The Kier molecular flexibility index (Phi) is 14.0. The molecular formula is C21H41N3O5S. The van der Waals surface area contributed by atoms with Gasteiger partial charge < -0.3 is 25.0 Å². The van der Waals surface area contributed by atoms with E-state index in [0.717, 1.165) is 18.6 Å². The summed E-state index contributed by atoms with van der Waals surface area (Å²) in [4.78, 5) is 40.8. The highest BCUT2D eigenvalue weighted by Crippen LogP contribution is 2.21. The third-order valence-corrected chi connectivity index (χ3v) is 6.28. The highest BCUT2D eigenvalue weighted by atomic mass is 32.2. The third kappa shape index (κ3) is 10.1. The van der Waals surface area contributed by atoms with Crippen LogP contribution in [0.15, 0.2) is 0 Å². The summed E-state index contributed by atoms with van der Waals surface area (Å²) in [5, 5.41) is 0. The first-order chi connectivity index (χ1) is 14.0. The Labute approximate surface area is 186 Å². The molecule has 0 bridgehead atoms. The topological polar surface area (TPSA) is 102 Å². The molecule has 0 fully saturated rings. The van der Waals surface area contributed by atoms with E-state index in [1.165, 1.54) is 9.80 Å². The number of likely N-dealkylation sites (N-methyl/N-ethyl adjacent to an activating group) is 2. The summed E-state index contributed by atoms with van der Waals surface area (Å²) in [6.07, 6.45) is 3.26. The van der Waals surface area contributed by atoms with Gasteiger partial charge in [0.05, 0.1) is 5.60 Å². The number of rotatable bonds is 16. The molecule has 8 nitrogen and oxygen atoms in total. The molecule has 0 radical (unpaired) electrons. The standard InChI is InChI=1S/C21H41N3O5S/c1-8-11-18(25)23(4)17(15-30-13-10-9-12-28-6)20(27)24(5)16(19(22)26)14-21(2,3)29-7/h16-17H,8-15H2,1-7H3,(H2,22,26)/t16-,17+/m0/s1. The quantitative estimate of drug-likeness (QED) is 0.363. The minimum absolute atomic E-state index is 0.0860. The molecule has 3 amide bonds. The minimum Gasteiger partial charge on any atom is -0.385 e. The number of primary amides is 1. The number of amides is 3. The van der Waals surface area contributed by atoms with E-state index in [0.29, 0.717) is 25.2 Å². The van der Waals surface area contributed by atoms with E-state index in [1.807, 2.05) is 20.8 Å². The number of thioether (sulfide) groups is 1. The van der Waals surface area contributed by atoms with Crippen molar-refractivity contribution in [3.63, 3.8) is 0 Å². The molecule has 9 heteroatoms. The van der Waals surface area contributed by atoms with Crippen LogP contribution in [0.5, 0.6) is 0 Å². The van der Waals surface area contributed by atoms with Gasteiger partial charge in [-0.3, -0.25) is 14.4 Å². The van der Waals surface area contributed by atoms with Crippen LogP contribution in [0.1, 0.15) is 52.9 Å². The molecule has 0 heterocycles. The van der Waals surface area contributed by atoms with Gasteiger partial charge >= 0.3 is 0 Å². The average molecular weight is 448 g/mol. The van der Waals surface area contributed by atoms with Gasteiger partial charge in [-0.15, -0.1) is 0 Å². The fourth-order valence-electron chi connectivity index (χ4n) is 2.92. The molecule has 176 valence electrons. The van der Waals surface area contributed by atoms with E-state index in [2.05, 4.69) is 0 Å². The first kappa shape index (κ1) is 28.7. The van der Waals surface area contributed by atoms with Crippen molar-refractivity contribution in [1.29, 1.82) is 0 Å². The zero-order valence-corrected chi connectivity index (χ0v) is 20.5. The predicted molar refractivity (Wildman–Crippen MR) is 121 cm³/mol. The van der Waals surface area contributed by atoms with E-state index in [1.54, 1.807) is 40.1 Å². The second-order valence-corrected chi connectivity index (χ2v) is 9.23. The van der Waals surface area contributed by atoms with Gasteiger partial charge in [-0.05, 0) is 38.9 Å². The van der Waals surface area contributed by atoms with Crippen LogP contribution in [0, 0.1) is 0 Å². The normalized spacial score (nSPS) is 13.6. The maximum Gasteiger partial charge on any atom is 0.246 e. The van der Waals surface area contributed by atoms with Gasteiger partial charge in [-0.2, -0.15) is 11.8 Å². The lowest BCUT2D eigenvalue weighted by Crippen LogP contribution is -2.56. The average Bonchev–Trinajstić information content (AvgIpc) is 2.70. The minimum atomic E-state index is -0.823. The van der Waals surface area contributed by atoms with Crippen LogP contribution in [0.3, 0.4) is 0 Å². The van der Waals surface area contributed by atoms with E-state index in [9.17, 15) is 14.4 Å². The highest BCUT2D eigenvalue weighted by Gasteiger charge is 2.36. The molecule has 2 N–H and O–H groups in total. The van der Waals surface area contributed by atoms with Crippen molar-refractivity contribution in [1.82, 2.24) is 9.80 Å². The van der Waals surface area contributed by atoms with Crippen LogP contribution in [-0.4, -0.2) is 91.6 Å². The van der Waals surface area contributed by atoms with Crippen molar-refractivity contribution in [3.8, 4) is 0 Å². The van der Waals surface area contributed by atoms with Gasteiger partial charge in [0.1, 0.15) is 12.1 Å². The number of ether oxygens (including phenoxy) is 2. The van der Waals surface area contributed by atoms with Crippen LogP contribution in [0.25, 0.3) is 0 Å². The lowest BCUT2D eigenvalue weighted by atomic mass is 9.97. The summed E-state index contributed by atoms with van der Waals surface area (Å²) < 4.78 is 10.5. The Morgan fingerprint density at radius 3 is 2.20 bits per heavy atom. The summed E-state index contributed by atoms with van der Waals surface area (Å²) >= 11 is 1.62. The lowest BCUT2D eigenvalue weighted by Gasteiger charge is -2.36. The Balaban J connectivity index is 5.38. The number of carbonyl (C=O) groups excluding carboxylic acids is 3. The van der Waals surface area contributed by atoms with Gasteiger partial charge in [0.25, 0.3) is 0 Å². The second-order valence-electron chi connectivity index (χ2n) is 8.08. The number of unbranched alkanes of at least 4 members (excludes halogenated alkanes) is 1. The van der Waals surface area contributed by atoms with Crippen LogP contribution < -0.4 is 5.73 Å². The van der Waals surface area contributed by atoms with Gasteiger partial charge in [0.15, 0.2) is 0 Å². The van der Waals surface area contributed by atoms with E-state index >= 15 is 0 Å². The number of carbonyl (C=O) groups is 3. The first-order valence-corrected chi connectivity index (χ1v) is 11.6. The van der Waals surface area contributed by atoms with Gasteiger partial charge in [-0.25, -0.2) is 0 Å². The first-order valence-electron chi connectivity index (χ1n) is 10.5.